The molecule has 0 atom stereocenters. The average molecular weight is 350 g/mol. The van der Waals surface area contributed by atoms with Gasteiger partial charge in [0.15, 0.2) is 5.13 Å². The number of anilines is 1. The van der Waals surface area contributed by atoms with Crippen LogP contribution in [0.1, 0.15) is 5.76 Å². The van der Waals surface area contributed by atoms with Crippen molar-refractivity contribution >= 4 is 56.2 Å². The number of fused-ring (bicyclic) bond motifs is 1. The van der Waals surface area contributed by atoms with Crippen molar-refractivity contribution in [3.63, 3.8) is 0 Å². The number of rotatable bonds is 4. The summed E-state index contributed by atoms with van der Waals surface area (Å²) in [6.07, 6.45) is 2.54. The lowest BCUT2D eigenvalue weighted by Gasteiger charge is -1.94. The van der Waals surface area contributed by atoms with Gasteiger partial charge in [0.1, 0.15) is 16.2 Å². The van der Waals surface area contributed by atoms with Gasteiger partial charge in [0, 0.05) is 6.08 Å². The highest BCUT2D eigenvalue weighted by Crippen LogP contribution is 2.30. The van der Waals surface area contributed by atoms with Crippen LogP contribution < -0.4 is 5.32 Å². The van der Waals surface area contributed by atoms with Crippen molar-refractivity contribution < 1.29 is 14.1 Å². The first kappa shape index (κ1) is 15.2. The van der Waals surface area contributed by atoms with E-state index in [2.05, 4.69) is 10.3 Å². The fourth-order valence-corrected chi connectivity index (χ4v) is 2.97. The molecule has 0 aliphatic heterocycles. The van der Waals surface area contributed by atoms with Crippen molar-refractivity contribution in [1.29, 1.82) is 0 Å². The summed E-state index contributed by atoms with van der Waals surface area (Å²) in [5.41, 5.74) is 0.625. The van der Waals surface area contributed by atoms with Crippen molar-refractivity contribution in [2.75, 3.05) is 5.32 Å². The first-order chi connectivity index (χ1) is 11.0. The van der Waals surface area contributed by atoms with Gasteiger partial charge >= 0.3 is 5.88 Å². The fraction of sp³-hybridized carbons (Fsp3) is 0. The molecule has 0 radical (unpaired) electrons. The molecular weight excluding hydrogens is 342 g/mol. The maximum Gasteiger partial charge on any atom is 0.433 e. The maximum absolute atomic E-state index is 11.8. The van der Waals surface area contributed by atoms with Crippen LogP contribution >= 0.6 is 22.9 Å². The molecule has 3 aromatic rings. The average Bonchev–Trinajstić information content (AvgIpc) is 3.12. The third kappa shape index (κ3) is 3.38. The van der Waals surface area contributed by atoms with Crippen LogP contribution in [0.2, 0.25) is 5.02 Å². The summed E-state index contributed by atoms with van der Waals surface area (Å²) < 4.78 is 5.77. The van der Waals surface area contributed by atoms with Gasteiger partial charge in [0.25, 0.3) is 0 Å². The number of nitro groups is 1. The SMILES string of the molecule is O=C(/C=C/c1ccc([N+](=O)[O-])o1)Nc1nc2c(Cl)cccc2s1. The van der Waals surface area contributed by atoms with Crippen molar-refractivity contribution in [2.24, 2.45) is 0 Å². The molecule has 1 N–H and O–H groups in total. The molecule has 2 aromatic heterocycles. The van der Waals surface area contributed by atoms with Gasteiger partial charge in [-0.3, -0.25) is 20.2 Å². The zero-order chi connectivity index (χ0) is 16.4. The molecule has 0 aliphatic rings. The molecule has 0 bridgehead atoms. The largest absolute Gasteiger partial charge is 0.433 e. The normalized spacial score (nSPS) is 11.2. The molecule has 0 fully saturated rings. The Morgan fingerprint density at radius 3 is 2.91 bits per heavy atom. The van der Waals surface area contributed by atoms with E-state index < -0.39 is 10.8 Å². The summed E-state index contributed by atoms with van der Waals surface area (Å²) in [4.78, 5) is 25.9. The highest BCUT2D eigenvalue weighted by atomic mass is 35.5. The second-order valence-electron chi connectivity index (χ2n) is 4.36. The summed E-state index contributed by atoms with van der Waals surface area (Å²) in [5, 5.41) is 14.0. The number of hydrogen-bond donors (Lipinski definition) is 1. The lowest BCUT2D eigenvalue weighted by molar-refractivity contribution is -0.402. The summed E-state index contributed by atoms with van der Waals surface area (Å²) in [5.74, 6) is -0.607. The number of nitrogens with zero attached hydrogens (tertiary/aromatic N) is 2. The van der Waals surface area contributed by atoms with Crippen LogP contribution in [0, 0.1) is 10.1 Å². The van der Waals surface area contributed by atoms with Crippen LogP contribution in [-0.2, 0) is 4.79 Å². The van der Waals surface area contributed by atoms with E-state index >= 15 is 0 Å². The third-order valence-electron chi connectivity index (χ3n) is 2.79. The lowest BCUT2D eigenvalue weighted by Crippen LogP contribution is -2.07. The number of carbonyl (C=O) groups excluding carboxylic acids is 1. The molecule has 0 saturated carbocycles. The van der Waals surface area contributed by atoms with Crippen LogP contribution in [-0.4, -0.2) is 15.8 Å². The van der Waals surface area contributed by atoms with Gasteiger partial charge < -0.3 is 4.42 Å². The van der Waals surface area contributed by atoms with Gasteiger partial charge in [0.2, 0.25) is 5.91 Å². The molecule has 2 heterocycles. The highest BCUT2D eigenvalue weighted by molar-refractivity contribution is 7.22. The number of hydrogen-bond acceptors (Lipinski definition) is 6. The monoisotopic (exact) mass is 349 g/mol. The Hall–Kier alpha value is -2.71. The zero-order valence-electron chi connectivity index (χ0n) is 11.4. The van der Waals surface area contributed by atoms with E-state index in [1.165, 1.54) is 35.6 Å². The molecule has 3 rings (SSSR count). The number of para-hydroxylation sites is 1. The number of furan rings is 1. The molecule has 23 heavy (non-hydrogen) atoms. The number of benzene rings is 1. The summed E-state index contributed by atoms with van der Waals surface area (Å²) in [6.45, 7) is 0. The van der Waals surface area contributed by atoms with Crippen molar-refractivity contribution in [3.8, 4) is 0 Å². The van der Waals surface area contributed by atoms with Crippen molar-refractivity contribution in [1.82, 2.24) is 4.98 Å². The van der Waals surface area contributed by atoms with Crippen molar-refractivity contribution in [3.05, 3.63) is 57.3 Å². The number of thiazole rings is 1. The molecule has 0 aliphatic carbocycles. The van der Waals surface area contributed by atoms with Gasteiger partial charge in [-0.2, -0.15) is 0 Å². The molecule has 116 valence electrons. The van der Waals surface area contributed by atoms with Gasteiger partial charge in [-0.25, -0.2) is 4.98 Å². The molecule has 9 heteroatoms. The number of amides is 1. The Balaban J connectivity index is 1.71. The Morgan fingerprint density at radius 1 is 1.39 bits per heavy atom. The molecule has 0 unspecified atom stereocenters. The molecule has 0 spiro atoms. The van der Waals surface area contributed by atoms with Crippen LogP contribution in [0.3, 0.4) is 0 Å². The minimum Gasteiger partial charge on any atom is -0.401 e. The molecule has 1 aromatic carbocycles. The fourth-order valence-electron chi connectivity index (χ4n) is 1.80. The van der Waals surface area contributed by atoms with E-state index in [4.69, 9.17) is 16.0 Å². The molecule has 1 amide bonds. The smallest absolute Gasteiger partial charge is 0.401 e. The number of halogens is 1. The predicted octanol–water partition coefficient (Wildman–Crippen LogP) is 4.10. The first-order valence-corrected chi connectivity index (χ1v) is 7.51. The number of carbonyl (C=O) groups is 1. The predicted molar refractivity (Wildman–Crippen MR) is 87.7 cm³/mol. The minimum atomic E-state index is -0.651. The molecule has 0 saturated heterocycles. The Bertz CT molecular complexity index is 931. The third-order valence-corrected chi connectivity index (χ3v) is 4.03. The summed E-state index contributed by atoms with van der Waals surface area (Å²) in [7, 11) is 0. The quantitative estimate of drug-likeness (QED) is 0.434. The topological polar surface area (TPSA) is 98.3 Å². The van der Waals surface area contributed by atoms with E-state index in [1.807, 2.05) is 6.07 Å². The Kier molecular flexibility index (Phi) is 4.09. The lowest BCUT2D eigenvalue weighted by atomic mass is 10.3. The second-order valence-corrected chi connectivity index (χ2v) is 5.80. The van der Waals surface area contributed by atoms with Crippen LogP contribution in [0.15, 0.2) is 40.8 Å². The van der Waals surface area contributed by atoms with Gasteiger partial charge in [0.05, 0.1) is 15.8 Å². The van der Waals surface area contributed by atoms with Crippen LogP contribution in [0.5, 0.6) is 0 Å². The molecule has 7 nitrogen and oxygen atoms in total. The van der Waals surface area contributed by atoms with Gasteiger partial charge in [-0.05, 0) is 24.3 Å². The van der Waals surface area contributed by atoms with E-state index in [0.717, 1.165) is 4.70 Å². The first-order valence-electron chi connectivity index (χ1n) is 6.31. The minimum absolute atomic E-state index is 0.208. The van der Waals surface area contributed by atoms with Crippen LogP contribution in [0.25, 0.3) is 16.3 Å². The highest BCUT2D eigenvalue weighted by Gasteiger charge is 2.11. The Morgan fingerprint density at radius 2 is 2.22 bits per heavy atom. The Labute approximate surface area is 138 Å². The summed E-state index contributed by atoms with van der Waals surface area (Å²) in [6, 6.07) is 8.00. The van der Waals surface area contributed by atoms with Crippen molar-refractivity contribution in [2.45, 2.75) is 0 Å². The maximum atomic E-state index is 11.8. The van der Waals surface area contributed by atoms with E-state index in [0.29, 0.717) is 15.7 Å². The number of nitrogens with one attached hydrogen (secondary N) is 1. The second kappa shape index (κ2) is 6.19. The van der Waals surface area contributed by atoms with Crippen LogP contribution in [0.4, 0.5) is 11.0 Å². The van der Waals surface area contributed by atoms with Gasteiger partial charge in [-0.1, -0.05) is 29.0 Å². The zero-order valence-corrected chi connectivity index (χ0v) is 12.9. The standard InChI is InChI=1S/C14H8ClN3O4S/c15-9-2-1-3-10-13(9)17-14(23-10)16-11(19)6-4-8-5-7-12(22-8)18(20)21/h1-7H,(H,16,17,19)/b6-4+. The van der Waals surface area contributed by atoms with E-state index in [1.54, 1.807) is 12.1 Å². The number of aromatic nitrogens is 1. The van der Waals surface area contributed by atoms with E-state index in [9.17, 15) is 14.9 Å². The molecular formula is C14H8ClN3O4S. The summed E-state index contributed by atoms with van der Waals surface area (Å²) >= 11 is 7.32. The van der Waals surface area contributed by atoms with Gasteiger partial charge in [-0.15, -0.1) is 0 Å². The van der Waals surface area contributed by atoms with E-state index in [-0.39, 0.29) is 11.6 Å².